The topological polar surface area (TPSA) is 172 Å². The van der Waals surface area contributed by atoms with E-state index >= 15 is 0 Å². The molecule has 2 aromatic carbocycles. The number of hydrogen-bond donors (Lipinski definition) is 0. The van der Waals surface area contributed by atoms with Crippen LogP contribution in [-0.2, 0) is 0 Å². The highest BCUT2D eigenvalue weighted by Gasteiger charge is 2.25. The van der Waals surface area contributed by atoms with E-state index in [-0.39, 0.29) is 17.2 Å². The SMILES string of the molecule is C=C(CCCC#N)[SiH2]C(C)Oc1ccc([N+](=O)[O-])cc1.C=C[Si](C)(C)COc1ccc([N+](=O)[O-])c([N+](=O)[O-])c1. The Kier molecular flexibility index (Phi) is 13.2. The third-order valence-corrected chi connectivity index (χ3v) is 8.95. The zero-order valence-corrected chi connectivity index (χ0v) is 24.6. The van der Waals surface area contributed by atoms with Crippen LogP contribution >= 0.6 is 0 Å². The number of ether oxygens (including phenoxy) is 2. The van der Waals surface area contributed by atoms with Gasteiger partial charge in [-0.2, -0.15) is 5.26 Å². The molecule has 0 amide bonds. The Balaban J connectivity index is 0.000000391. The number of nitro groups is 3. The molecule has 0 fully saturated rings. The first-order valence-electron chi connectivity index (χ1n) is 11.9. The minimum Gasteiger partial charge on any atom is -0.497 e. The van der Waals surface area contributed by atoms with Crippen LogP contribution in [0.5, 0.6) is 11.5 Å². The second kappa shape index (κ2) is 15.8. The van der Waals surface area contributed by atoms with Gasteiger partial charge in [-0.05, 0) is 38.0 Å². The van der Waals surface area contributed by atoms with Crippen molar-refractivity contribution in [1.82, 2.24) is 0 Å². The van der Waals surface area contributed by atoms with Crippen molar-refractivity contribution < 1.29 is 24.2 Å². The number of unbranched alkanes of at least 4 members (excludes halogenated alkanes) is 1. The van der Waals surface area contributed by atoms with Crippen LogP contribution in [0.1, 0.15) is 26.2 Å². The van der Waals surface area contributed by atoms with Gasteiger partial charge < -0.3 is 9.47 Å². The van der Waals surface area contributed by atoms with E-state index in [1.165, 1.54) is 23.4 Å². The molecule has 1 unspecified atom stereocenters. The highest BCUT2D eigenvalue weighted by atomic mass is 28.3. The van der Waals surface area contributed by atoms with Crippen molar-refractivity contribution in [3.63, 3.8) is 0 Å². The predicted octanol–water partition coefficient (Wildman–Crippen LogP) is 5.55. The number of allylic oxidation sites excluding steroid dienone is 1. The van der Waals surface area contributed by atoms with Crippen LogP contribution in [-0.4, -0.2) is 44.3 Å². The molecule has 0 radical (unpaired) electrons. The van der Waals surface area contributed by atoms with E-state index in [1.54, 1.807) is 12.1 Å². The van der Waals surface area contributed by atoms with Gasteiger partial charge in [0.15, 0.2) is 0 Å². The molecule has 39 heavy (non-hydrogen) atoms. The van der Waals surface area contributed by atoms with E-state index in [0.29, 0.717) is 18.4 Å². The number of hydrogen-bond acceptors (Lipinski definition) is 9. The minimum atomic E-state index is -1.70. The van der Waals surface area contributed by atoms with Crippen LogP contribution in [0.25, 0.3) is 0 Å². The molecule has 0 saturated carbocycles. The summed E-state index contributed by atoms with van der Waals surface area (Å²) in [7, 11) is -2.30. The second-order valence-corrected chi connectivity index (χ2v) is 16.5. The van der Waals surface area contributed by atoms with Crippen LogP contribution in [0.3, 0.4) is 0 Å². The Morgan fingerprint density at radius 2 is 1.64 bits per heavy atom. The highest BCUT2D eigenvalue weighted by molar-refractivity contribution is 6.82. The van der Waals surface area contributed by atoms with Crippen LogP contribution in [0, 0.1) is 41.7 Å². The van der Waals surface area contributed by atoms with Crippen molar-refractivity contribution in [1.29, 1.82) is 5.26 Å². The predicted molar refractivity (Wildman–Crippen MR) is 153 cm³/mol. The number of benzene rings is 2. The van der Waals surface area contributed by atoms with Gasteiger partial charge >= 0.3 is 11.4 Å². The lowest BCUT2D eigenvalue weighted by Crippen LogP contribution is -2.31. The molecule has 0 N–H and O–H groups in total. The Bertz CT molecular complexity index is 1230. The monoisotopic (exact) mass is 572 g/mol. The van der Waals surface area contributed by atoms with Gasteiger partial charge in [0.1, 0.15) is 19.6 Å². The fourth-order valence-electron chi connectivity index (χ4n) is 3.07. The molecule has 14 heteroatoms. The van der Waals surface area contributed by atoms with E-state index in [2.05, 4.69) is 19.2 Å². The van der Waals surface area contributed by atoms with Crippen LogP contribution in [0.15, 0.2) is 66.5 Å². The Morgan fingerprint density at radius 1 is 1.05 bits per heavy atom. The number of non-ortho nitro benzene ring substituents is 1. The summed E-state index contributed by atoms with van der Waals surface area (Å²) in [6.07, 6.45) is 2.71. The largest absolute Gasteiger partial charge is 0.497 e. The molecule has 2 aromatic rings. The maximum absolute atomic E-state index is 10.8. The van der Waals surface area contributed by atoms with Crippen LogP contribution in [0.4, 0.5) is 17.1 Å². The molecule has 0 aliphatic rings. The summed E-state index contributed by atoms with van der Waals surface area (Å²) >= 11 is 0. The van der Waals surface area contributed by atoms with E-state index < -0.39 is 43.7 Å². The molecule has 208 valence electrons. The zero-order valence-electron chi connectivity index (χ0n) is 22.2. The minimum absolute atomic E-state index is 0.0585. The number of nitrogens with zero attached hydrogens (tertiary/aromatic N) is 4. The summed E-state index contributed by atoms with van der Waals surface area (Å²) in [6, 6.07) is 11.7. The lowest BCUT2D eigenvalue weighted by atomic mass is 10.2. The summed E-state index contributed by atoms with van der Waals surface area (Å²) in [4.78, 5) is 30.0. The summed E-state index contributed by atoms with van der Waals surface area (Å²) < 4.78 is 11.2. The fraction of sp³-hybridized carbons (Fsp3) is 0.320. The molecule has 0 heterocycles. The zero-order chi connectivity index (χ0) is 29.6. The van der Waals surface area contributed by atoms with Gasteiger partial charge in [-0.25, -0.2) is 0 Å². The highest BCUT2D eigenvalue weighted by Crippen LogP contribution is 2.31. The van der Waals surface area contributed by atoms with Crippen molar-refractivity contribution in [2.45, 2.75) is 45.0 Å². The maximum atomic E-state index is 10.8. The molecule has 0 aliphatic carbocycles. The van der Waals surface area contributed by atoms with Gasteiger partial charge in [0, 0.05) is 24.6 Å². The number of nitro benzene ring substituents is 3. The Labute approximate surface area is 229 Å². The van der Waals surface area contributed by atoms with Crippen molar-refractivity contribution in [2.75, 3.05) is 6.23 Å². The normalized spacial score (nSPS) is 11.4. The lowest BCUT2D eigenvalue weighted by Gasteiger charge is -2.17. The van der Waals surface area contributed by atoms with E-state index in [4.69, 9.17) is 14.7 Å². The van der Waals surface area contributed by atoms with Gasteiger partial charge in [0.25, 0.3) is 5.69 Å². The van der Waals surface area contributed by atoms with Crippen molar-refractivity contribution in [3.05, 3.63) is 96.9 Å². The van der Waals surface area contributed by atoms with Crippen LogP contribution in [0.2, 0.25) is 13.1 Å². The molecule has 0 aliphatic heterocycles. The van der Waals surface area contributed by atoms with Gasteiger partial charge in [0.05, 0.1) is 48.4 Å². The average Bonchev–Trinajstić information content (AvgIpc) is 2.88. The van der Waals surface area contributed by atoms with E-state index in [1.807, 2.05) is 25.7 Å². The van der Waals surface area contributed by atoms with Gasteiger partial charge in [0.2, 0.25) is 0 Å². The average molecular weight is 573 g/mol. The first-order chi connectivity index (χ1) is 18.3. The second-order valence-electron chi connectivity index (χ2n) is 9.29. The van der Waals surface area contributed by atoms with Crippen molar-refractivity contribution in [3.8, 4) is 17.6 Å². The summed E-state index contributed by atoms with van der Waals surface area (Å²) in [5.41, 5.74) is 0.875. The molecule has 0 bridgehead atoms. The van der Waals surface area contributed by atoms with Crippen molar-refractivity contribution in [2.24, 2.45) is 0 Å². The first kappa shape index (κ1) is 32.7. The molecular formula is C25H32N4O8Si2. The van der Waals surface area contributed by atoms with E-state index in [9.17, 15) is 30.3 Å². The number of nitriles is 1. The molecular weight excluding hydrogens is 540 g/mol. The van der Waals surface area contributed by atoms with Crippen LogP contribution < -0.4 is 9.47 Å². The summed E-state index contributed by atoms with van der Waals surface area (Å²) in [6.45, 7) is 13.8. The molecule has 0 saturated heterocycles. The molecule has 0 aromatic heterocycles. The Hall–Kier alpha value is -4.36. The van der Waals surface area contributed by atoms with Crippen molar-refractivity contribution >= 4 is 34.7 Å². The van der Waals surface area contributed by atoms with Gasteiger partial charge in [-0.1, -0.05) is 24.0 Å². The molecule has 12 nitrogen and oxygen atoms in total. The van der Waals surface area contributed by atoms with Gasteiger partial charge in [-0.15, -0.1) is 13.2 Å². The molecule has 2 rings (SSSR count). The summed E-state index contributed by atoms with van der Waals surface area (Å²) in [5.74, 6) is 0.889. The quantitative estimate of drug-likeness (QED) is 0.122. The smallest absolute Gasteiger partial charge is 0.349 e. The Morgan fingerprint density at radius 3 is 2.15 bits per heavy atom. The first-order valence-corrected chi connectivity index (χ1v) is 16.7. The maximum Gasteiger partial charge on any atom is 0.349 e. The summed E-state index contributed by atoms with van der Waals surface area (Å²) in [5, 5.41) is 41.6. The third kappa shape index (κ3) is 12.2. The van der Waals surface area contributed by atoms with E-state index in [0.717, 1.165) is 25.0 Å². The molecule has 0 spiro atoms. The fourth-order valence-corrected chi connectivity index (χ4v) is 5.27. The molecule has 1 atom stereocenters. The number of rotatable bonds is 14. The standard InChI is InChI=1S/C14H18N2O3Si.C11H14N2O5Si/c1-11(5-3-4-10-15)20-12(2)19-14-8-6-13(7-9-14)16(17)18;1-4-19(2,3)8-18-9-5-6-10(12(14)15)11(7-9)13(16)17/h6-9,12H,1,3-5,20H2,2H3;4-7H,1,8H2,2-3H3. The lowest BCUT2D eigenvalue weighted by molar-refractivity contribution is -0.422. The van der Waals surface area contributed by atoms with Gasteiger partial charge in [-0.3, -0.25) is 30.3 Å². The third-order valence-electron chi connectivity index (χ3n) is 5.28.